The molecule has 0 radical (unpaired) electrons. The predicted octanol–water partition coefficient (Wildman–Crippen LogP) is 3.27. The van der Waals surface area contributed by atoms with Gasteiger partial charge in [-0.2, -0.15) is 0 Å². The Morgan fingerprint density at radius 1 is 1.32 bits per heavy atom. The lowest BCUT2D eigenvalue weighted by Gasteiger charge is -2.11. The van der Waals surface area contributed by atoms with Crippen molar-refractivity contribution in [2.24, 2.45) is 0 Å². The number of amides is 1. The van der Waals surface area contributed by atoms with Crippen molar-refractivity contribution in [3.05, 3.63) is 52.8 Å². The number of benzene rings is 1. The van der Waals surface area contributed by atoms with Crippen LogP contribution < -0.4 is 10.6 Å². The summed E-state index contributed by atoms with van der Waals surface area (Å²) < 4.78 is 0. The van der Waals surface area contributed by atoms with Crippen LogP contribution in [0, 0.1) is 0 Å². The lowest BCUT2D eigenvalue weighted by Crippen LogP contribution is -2.25. The number of nitrogens with zero attached hydrogens (tertiary/aromatic N) is 2. The number of hydrogen-bond donors (Lipinski definition) is 2. The Hall–Kier alpha value is -2.14. The lowest BCUT2D eigenvalue weighted by molar-refractivity contribution is 0.0946. The Labute approximate surface area is 135 Å². The van der Waals surface area contributed by atoms with Gasteiger partial charge in [-0.3, -0.25) is 4.79 Å². The maximum absolute atomic E-state index is 12.2. The van der Waals surface area contributed by atoms with Gasteiger partial charge in [-0.1, -0.05) is 36.7 Å². The van der Waals surface area contributed by atoms with E-state index in [0.717, 1.165) is 12.0 Å². The number of carbonyl (C=O) groups excluding carboxylic acids is 1. The second-order valence-corrected chi connectivity index (χ2v) is 5.40. The Morgan fingerprint density at radius 2 is 2.09 bits per heavy atom. The molecule has 0 saturated carbocycles. The van der Waals surface area contributed by atoms with Gasteiger partial charge < -0.3 is 10.6 Å². The van der Waals surface area contributed by atoms with E-state index in [9.17, 15) is 4.79 Å². The maximum Gasteiger partial charge on any atom is 0.270 e. The van der Waals surface area contributed by atoms with Gasteiger partial charge in [0.2, 0.25) is 5.95 Å². The molecule has 0 saturated heterocycles. The Bertz CT molecular complexity index is 648. The fraction of sp³-hybridized carbons (Fsp3) is 0.312. The normalized spacial score (nSPS) is 11.8. The summed E-state index contributed by atoms with van der Waals surface area (Å²) in [6, 6.07) is 9.24. The van der Waals surface area contributed by atoms with Crippen molar-refractivity contribution in [1.82, 2.24) is 15.3 Å². The quantitative estimate of drug-likeness (QED) is 0.858. The molecule has 6 heteroatoms. The summed E-state index contributed by atoms with van der Waals surface area (Å²) in [4.78, 5) is 20.5. The molecule has 0 aliphatic carbocycles. The second-order valence-electron chi connectivity index (χ2n) is 4.99. The molecule has 1 heterocycles. The van der Waals surface area contributed by atoms with E-state index >= 15 is 0 Å². The summed E-state index contributed by atoms with van der Waals surface area (Å²) in [5.41, 5.74) is 1.19. The fourth-order valence-electron chi connectivity index (χ4n) is 1.78. The van der Waals surface area contributed by atoms with E-state index in [1.165, 1.54) is 0 Å². The van der Waals surface area contributed by atoms with Gasteiger partial charge >= 0.3 is 0 Å². The molecular weight excluding hydrogens is 300 g/mol. The van der Waals surface area contributed by atoms with Gasteiger partial charge in [0.15, 0.2) is 0 Å². The molecule has 2 rings (SSSR count). The van der Waals surface area contributed by atoms with Crippen LogP contribution in [0.2, 0.25) is 5.02 Å². The number of carbonyl (C=O) groups is 1. The first-order valence-electron chi connectivity index (χ1n) is 7.21. The molecule has 116 valence electrons. The predicted molar refractivity (Wildman–Crippen MR) is 88.0 cm³/mol. The zero-order chi connectivity index (χ0) is 15.9. The van der Waals surface area contributed by atoms with E-state index in [1.54, 1.807) is 18.3 Å². The molecule has 0 bridgehead atoms. The number of anilines is 1. The van der Waals surface area contributed by atoms with Crippen LogP contribution >= 0.6 is 11.6 Å². The summed E-state index contributed by atoms with van der Waals surface area (Å²) in [7, 11) is 0. The van der Waals surface area contributed by atoms with Crippen LogP contribution in [0.25, 0.3) is 0 Å². The molecule has 1 atom stereocenters. The van der Waals surface area contributed by atoms with E-state index in [2.05, 4.69) is 27.5 Å². The van der Waals surface area contributed by atoms with Gasteiger partial charge in [-0.05, 0) is 31.0 Å². The molecule has 0 aliphatic heterocycles. The standard InChI is InChI=1S/C16H19ClN4O/c1-3-11(2)20-16-18-9-8-14(21-16)15(22)19-10-12-6-4-5-7-13(12)17/h4-9,11H,3,10H2,1-2H3,(H,19,22)(H,18,20,21). The Morgan fingerprint density at radius 3 is 2.82 bits per heavy atom. The van der Waals surface area contributed by atoms with E-state index in [1.807, 2.05) is 25.1 Å². The minimum atomic E-state index is -0.255. The molecule has 22 heavy (non-hydrogen) atoms. The van der Waals surface area contributed by atoms with E-state index < -0.39 is 0 Å². The highest BCUT2D eigenvalue weighted by atomic mass is 35.5. The summed E-state index contributed by atoms with van der Waals surface area (Å²) in [6.07, 6.45) is 2.52. The summed E-state index contributed by atoms with van der Waals surface area (Å²) in [5.74, 6) is 0.203. The van der Waals surface area contributed by atoms with Crippen molar-refractivity contribution in [3.8, 4) is 0 Å². The molecule has 0 aliphatic rings. The molecular formula is C16H19ClN4O. The van der Waals surface area contributed by atoms with Crippen molar-refractivity contribution >= 4 is 23.5 Å². The average molecular weight is 319 g/mol. The average Bonchev–Trinajstić information content (AvgIpc) is 2.54. The number of hydrogen-bond acceptors (Lipinski definition) is 4. The largest absolute Gasteiger partial charge is 0.352 e. The first-order chi connectivity index (χ1) is 10.6. The number of nitrogens with one attached hydrogen (secondary N) is 2. The van der Waals surface area contributed by atoms with Gasteiger partial charge in [0, 0.05) is 23.8 Å². The molecule has 2 N–H and O–H groups in total. The van der Waals surface area contributed by atoms with E-state index in [-0.39, 0.29) is 11.9 Å². The zero-order valence-electron chi connectivity index (χ0n) is 12.6. The van der Waals surface area contributed by atoms with Gasteiger partial charge in [0.25, 0.3) is 5.91 Å². The van der Waals surface area contributed by atoms with Crippen LogP contribution in [0.15, 0.2) is 36.5 Å². The fourth-order valence-corrected chi connectivity index (χ4v) is 1.99. The Balaban J connectivity index is 2.00. The van der Waals surface area contributed by atoms with Crippen LogP contribution in [0.3, 0.4) is 0 Å². The van der Waals surface area contributed by atoms with Crippen molar-refractivity contribution in [2.75, 3.05) is 5.32 Å². The third kappa shape index (κ3) is 4.43. The SMILES string of the molecule is CCC(C)Nc1nccc(C(=O)NCc2ccccc2Cl)n1. The topological polar surface area (TPSA) is 66.9 Å². The molecule has 0 spiro atoms. The highest BCUT2D eigenvalue weighted by Gasteiger charge is 2.10. The smallest absolute Gasteiger partial charge is 0.270 e. The van der Waals surface area contributed by atoms with Gasteiger partial charge in [-0.25, -0.2) is 9.97 Å². The van der Waals surface area contributed by atoms with Gasteiger partial charge in [-0.15, -0.1) is 0 Å². The van der Waals surface area contributed by atoms with Crippen LogP contribution in [0.1, 0.15) is 36.3 Å². The monoisotopic (exact) mass is 318 g/mol. The third-order valence-electron chi connectivity index (χ3n) is 3.27. The maximum atomic E-state index is 12.2. The molecule has 1 amide bonds. The van der Waals surface area contributed by atoms with Crippen LogP contribution in [0.5, 0.6) is 0 Å². The van der Waals surface area contributed by atoms with E-state index in [0.29, 0.717) is 23.2 Å². The van der Waals surface area contributed by atoms with Crippen molar-refractivity contribution in [1.29, 1.82) is 0 Å². The highest BCUT2D eigenvalue weighted by molar-refractivity contribution is 6.31. The second kappa shape index (κ2) is 7.75. The molecule has 1 unspecified atom stereocenters. The van der Waals surface area contributed by atoms with E-state index in [4.69, 9.17) is 11.6 Å². The summed E-state index contributed by atoms with van der Waals surface area (Å²) in [6.45, 7) is 4.46. The van der Waals surface area contributed by atoms with Crippen LogP contribution in [-0.2, 0) is 6.54 Å². The first kappa shape index (κ1) is 16.2. The number of halogens is 1. The van der Waals surface area contributed by atoms with Crippen LogP contribution in [-0.4, -0.2) is 21.9 Å². The number of rotatable bonds is 6. The first-order valence-corrected chi connectivity index (χ1v) is 7.59. The van der Waals surface area contributed by atoms with Crippen molar-refractivity contribution in [2.45, 2.75) is 32.9 Å². The molecule has 1 aromatic carbocycles. The molecule has 0 fully saturated rings. The Kier molecular flexibility index (Phi) is 5.72. The minimum Gasteiger partial charge on any atom is -0.352 e. The zero-order valence-corrected chi connectivity index (χ0v) is 13.4. The molecule has 2 aromatic rings. The minimum absolute atomic E-state index is 0.251. The van der Waals surface area contributed by atoms with Crippen LogP contribution in [0.4, 0.5) is 5.95 Å². The van der Waals surface area contributed by atoms with Crippen molar-refractivity contribution < 1.29 is 4.79 Å². The summed E-state index contributed by atoms with van der Waals surface area (Å²) in [5, 5.41) is 6.58. The molecule has 5 nitrogen and oxygen atoms in total. The summed E-state index contributed by atoms with van der Waals surface area (Å²) >= 11 is 6.07. The highest BCUT2D eigenvalue weighted by Crippen LogP contribution is 2.14. The van der Waals surface area contributed by atoms with Crippen molar-refractivity contribution in [3.63, 3.8) is 0 Å². The third-order valence-corrected chi connectivity index (χ3v) is 3.64. The van der Waals surface area contributed by atoms with Gasteiger partial charge in [0.05, 0.1) is 0 Å². The molecule has 1 aromatic heterocycles. The number of aromatic nitrogens is 2. The lowest BCUT2D eigenvalue weighted by atomic mass is 10.2. The van der Waals surface area contributed by atoms with Gasteiger partial charge in [0.1, 0.15) is 5.69 Å².